The van der Waals surface area contributed by atoms with Gasteiger partial charge in [0, 0.05) is 0 Å². The number of hydrogen-bond acceptors (Lipinski definition) is 6. The molecule has 0 fully saturated rings. The first kappa shape index (κ1) is 17.7. The van der Waals surface area contributed by atoms with Gasteiger partial charge in [0.1, 0.15) is 0 Å². The summed E-state index contributed by atoms with van der Waals surface area (Å²) < 4.78 is 28.0. The fourth-order valence-corrected chi connectivity index (χ4v) is 0. The van der Waals surface area contributed by atoms with Crippen LogP contribution >= 0.6 is 0 Å². The predicted molar refractivity (Wildman–Crippen MR) is 31.2 cm³/mol. The fraction of sp³-hybridized carbons (Fsp3) is 0. The zero-order chi connectivity index (χ0) is 8.78. The van der Waals surface area contributed by atoms with Crippen molar-refractivity contribution in [1.29, 1.82) is 0 Å². The monoisotopic (exact) mass is 217 g/mol. The summed E-state index contributed by atoms with van der Waals surface area (Å²) in [6.45, 7) is 0. The van der Waals surface area contributed by atoms with Crippen LogP contribution in [-0.2, 0) is 14.7 Å². The van der Waals surface area contributed by atoms with Crippen LogP contribution in [0.5, 0.6) is 0 Å². The second-order valence-electron chi connectivity index (χ2n) is 0.740. The predicted octanol–water partition coefficient (Wildman–Crippen LogP) is -1.72. The van der Waals surface area contributed by atoms with Crippen molar-refractivity contribution in [2.24, 2.45) is 0 Å². The van der Waals surface area contributed by atoms with E-state index in [9.17, 15) is 0 Å². The average molecular weight is 217 g/mol. The van der Waals surface area contributed by atoms with Gasteiger partial charge in [0.05, 0.1) is 0 Å². The molecule has 0 aromatic heterocycles. The molecule has 0 rings (SSSR count). The molecule has 0 atom stereocenters. The first-order valence-electron chi connectivity index (χ1n) is 1.43. The van der Waals surface area contributed by atoms with E-state index in [1.54, 1.807) is 0 Å². The zero-order valence-corrected chi connectivity index (χ0v) is 5.05. The SMILES string of the molecule is O=S(=O)(O)OO.O=[N+]([O-])O.[KH]. The van der Waals surface area contributed by atoms with Crippen LogP contribution in [0.3, 0.4) is 0 Å². The third-order valence-electron chi connectivity index (χ3n) is 0.0942. The van der Waals surface area contributed by atoms with Crippen LogP contribution < -0.4 is 0 Å². The maximum absolute atomic E-state index is 9.08. The van der Waals surface area contributed by atoms with E-state index in [-0.39, 0.29) is 51.4 Å². The number of hydrogen-bond donors (Lipinski definition) is 3. The van der Waals surface area contributed by atoms with Crippen LogP contribution in [-0.4, -0.2) is 79.9 Å². The Hall–Kier alpha value is 0.666. The van der Waals surface area contributed by atoms with E-state index >= 15 is 0 Å². The first-order chi connectivity index (χ1) is 4.29. The molecule has 9 nitrogen and oxygen atoms in total. The normalized spacial score (nSPS) is 8.55. The van der Waals surface area contributed by atoms with Crippen molar-refractivity contribution >= 4 is 61.8 Å². The first-order valence-corrected chi connectivity index (χ1v) is 2.80. The molecule has 0 unspecified atom stereocenters. The second kappa shape index (κ2) is 8.76. The quantitative estimate of drug-likeness (QED) is 0.154. The molecule has 0 saturated heterocycles. The van der Waals surface area contributed by atoms with Crippen molar-refractivity contribution in [3.8, 4) is 0 Å². The summed E-state index contributed by atoms with van der Waals surface area (Å²) in [6, 6.07) is 0. The standard InChI is InChI=1S/K.HNO3.H2O5S.H/c;2-1(3)4;1-5-6(2,3)4;/h;(H,2,3,4);1H,(H,2,3,4);. The van der Waals surface area contributed by atoms with Gasteiger partial charge in [-0.25, -0.2) is 5.26 Å². The van der Waals surface area contributed by atoms with E-state index in [2.05, 4.69) is 4.33 Å². The minimum atomic E-state index is -4.61. The molecule has 0 aromatic carbocycles. The summed E-state index contributed by atoms with van der Waals surface area (Å²) in [7, 11) is -4.61. The molecule has 0 heterocycles. The molecule has 0 aliphatic carbocycles. The van der Waals surface area contributed by atoms with Gasteiger partial charge < -0.3 is 5.21 Å². The van der Waals surface area contributed by atoms with Crippen molar-refractivity contribution in [3.63, 3.8) is 0 Å². The van der Waals surface area contributed by atoms with Crippen molar-refractivity contribution in [2.75, 3.05) is 0 Å². The third-order valence-corrected chi connectivity index (χ3v) is 0.283. The Morgan fingerprint density at radius 3 is 1.55 bits per heavy atom. The van der Waals surface area contributed by atoms with Gasteiger partial charge >= 0.3 is 61.8 Å². The van der Waals surface area contributed by atoms with E-state index in [1.165, 1.54) is 0 Å². The molecule has 0 bridgehead atoms. The van der Waals surface area contributed by atoms with Crippen molar-refractivity contribution < 1.29 is 32.9 Å². The molecule has 0 aliphatic rings. The molecule has 11 heteroatoms. The zero-order valence-electron chi connectivity index (χ0n) is 4.24. The fourth-order valence-electron chi connectivity index (χ4n) is 0. The van der Waals surface area contributed by atoms with Crippen LogP contribution in [0.2, 0.25) is 0 Å². The molecule has 0 aromatic rings. The average Bonchev–Trinajstić information content (AvgIpc) is 1.63. The Morgan fingerprint density at radius 1 is 1.45 bits per heavy atom. The Kier molecular flexibility index (Phi) is 14.1. The molecule has 0 aliphatic heterocycles. The van der Waals surface area contributed by atoms with Crippen molar-refractivity contribution in [1.82, 2.24) is 0 Å². The molecule has 0 spiro atoms. The summed E-state index contributed by atoms with van der Waals surface area (Å²) in [5, 5.41) is 20.7. The summed E-state index contributed by atoms with van der Waals surface area (Å²) in [5.41, 5.74) is 0. The van der Waals surface area contributed by atoms with Crippen molar-refractivity contribution in [2.45, 2.75) is 0 Å². The van der Waals surface area contributed by atoms with Gasteiger partial charge in [-0.3, -0.25) is 4.55 Å². The molecular formula is H4KNO8S. The van der Waals surface area contributed by atoms with Gasteiger partial charge in [0.15, 0.2) is 0 Å². The van der Waals surface area contributed by atoms with Crippen LogP contribution in [0.25, 0.3) is 0 Å². The molecule has 0 saturated carbocycles. The maximum atomic E-state index is 9.08. The molecule has 0 radical (unpaired) electrons. The summed E-state index contributed by atoms with van der Waals surface area (Å²) in [5.74, 6) is 0. The number of nitrogens with zero attached hydrogens (tertiary/aromatic N) is 1. The Bertz CT molecular complexity index is 176. The van der Waals surface area contributed by atoms with Crippen LogP contribution in [0.1, 0.15) is 0 Å². The van der Waals surface area contributed by atoms with E-state index in [4.69, 9.17) is 33.5 Å². The summed E-state index contributed by atoms with van der Waals surface area (Å²) >= 11 is 0. The van der Waals surface area contributed by atoms with Crippen LogP contribution in [0.4, 0.5) is 0 Å². The van der Waals surface area contributed by atoms with Gasteiger partial charge in [0.25, 0.3) is 5.09 Å². The molecule has 64 valence electrons. The van der Waals surface area contributed by atoms with E-state index < -0.39 is 15.5 Å². The van der Waals surface area contributed by atoms with E-state index in [0.29, 0.717) is 0 Å². The van der Waals surface area contributed by atoms with Gasteiger partial charge in [0.2, 0.25) is 0 Å². The van der Waals surface area contributed by atoms with Gasteiger partial charge in [-0.05, 0) is 0 Å². The van der Waals surface area contributed by atoms with Crippen LogP contribution in [0.15, 0.2) is 0 Å². The summed E-state index contributed by atoms with van der Waals surface area (Å²) in [4.78, 5) is 8.36. The molecular weight excluding hydrogens is 213 g/mol. The van der Waals surface area contributed by atoms with Gasteiger partial charge in [-0.1, -0.05) is 4.33 Å². The minimum absolute atomic E-state index is 0. The topological polar surface area (TPSA) is 147 Å². The van der Waals surface area contributed by atoms with Gasteiger partial charge in [-0.2, -0.15) is 8.42 Å². The van der Waals surface area contributed by atoms with E-state index in [1.807, 2.05) is 0 Å². The Labute approximate surface area is 103 Å². The molecule has 0 amide bonds. The third kappa shape index (κ3) is 59.6. The van der Waals surface area contributed by atoms with Crippen molar-refractivity contribution in [3.05, 3.63) is 10.1 Å². The van der Waals surface area contributed by atoms with Crippen LogP contribution in [0, 0.1) is 10.1 Å². The summed E-state index contributed by atoms with van der Waals surface area (Å²) in [6.07, 6.45) is 0. The Morgan fingerprint density at radius 2 is 1.55 bits per heavy atom. The van der Waals surface area contributed by atoms with Gasteiger partial charge in [-0.15, -0.1) is 10.1 Å². The number of rotatable bonds is 1. The van der Waals surface area contributed by atoms with E-state index in [0.717, 1.165) is 0 Å². The Balaban J connectivity index is -0.000000114. The molecule has 3 N–H and O–H groups in total. The molecule has 11 heavy (non-hydrogen) atoms. The second-order valence-corrected chi connectivity index (χ2v) is 1.74.